The molecule has 3 aliphatic heterocycles. The van der Waals surface area contributed by atoms with E-state index in [4.69, 9.17) is 0 Å². The van der Waals surface area contributed by atoms with Crippen LogP contribution in [0, 0.1) is 5.92 Å². The summed E-state index contributed by atoms with van der Waals surface area (Å²) in [6.07, 6.45) is 4.05. The fourth-order valence-electron chi connectivity index (χ4n) is 4.90. The Balaban J connectivity index is 1.55. The molecule has 4 heteroatoms. The Bertz CT molecular complexity index is 574. The Kier molecular flexibility index (Phi) is 3.38. The van der Waals surface area contributed by atoms with Gasteiger partial charge in [0.2, 0.25) is 0 Å². The van der Waals surface area contributed by atoms with Crippen LogP contribution in [0.5, 0.6) is 0 Å². The van der Waals surface area contributed by atoms with Crippen LogP contribution in [0.1, 0.15) is 30.9 Å². The number of nitrogens with one attached hydrogen (secondary N) is 2. The zero-order chi connectivity index (χ0) is 14.4. The van der Waals surface area contributed by atoms with E-state index in [-0.39, 0.29) is 5.56 Å². The van der Waals surface area contributed by atoms with Gasteiger partial charge in [-0.15, -0.1) is 0 Å². The van der Waals surface area contributed by atoms with Gasteiger partial charge in [-0.2, -0.15) is 0 Å². The first kappa shape index (κ1) is 13.5. The van der Waals surface area contributed by atoms with Crippen molar-refractivity contribution in [2.24, 2.45) is 5.92 Å². The molecule has 0 aliphatic carbocycles. The van der Waals surface area contributed by atoms with Crippen molar-refractivity contribution < 1.29 is 9.80 Å². The highest BCUT2D eigenvalue weighted by atomic mass is 16.1. The molecule has 2 bridgehead atoms. The maximum Gasteiger partial charge on any atom is 0.250 e. The molecule has 2 N–H and O–H groups in total. The van der Waals surface area contributed by atoms with Crippen molar-refractivity contribution in [1.29, 1.82) is 0 Å². The number of nitrogens with zero attached hydrogens (tertiary/aromatic N) is 1. The van der Waals surface area contributed by atoms with E-state index in [1.807, 2.05) is 11.0 Å². The summed E-state index contributed by atoms with van der Waals surface area (Å²) in [7, 11) is 2.32. The lowest BCUT2D eigenvalue weighted by Crippen LogP contribution is -3.21. The molecule has 2 fully saturated rings. The van der Waals surface area contributed by atoms with Crippen molar-refractivity contribution in [1.82, 2.24) is 4.57 Å². The Morgan fingerprint density at radius 3 is 2.81 bits per heavy atom. The molecule has 1 aromatic heterocycles. The van der Waals surface area contributed by atoms with Crippen molar-refractivity contribution in [2.45, 2.75) is 37.8 Å². The second-order valence-electron chi connectivity index (χ2n) is 7.50. The minimum atomic E-state index is 0.202. The first-order valence-electron chi connectivity index (χ1n) is 8.56. The summed E-state index contributed by atoms with van der Waals surface area (Å²) in [6.45, 7) is 6.14. The van der Waals surface area contributed by atoms with Gasteiger partial charge in [0.25, 0.3) is 5.56 Å². The van der Waals surface area contributed by atoms with Crippen molar-refractivity contribution in [3.8, 4) is 0 Å². The van der Waals surface area contributed by atoms with Crippen LogP contribution >= 0.6 is 0 Å². The molecule has 2 saturated heterocycles. The van der Waals surface area contributed by atoms with Crippen LogP contribution < -0.4 is 15.4 Å². The van der Waals surface area contributed by atoms with Crippen molar-refractivity contribution in [3.63, 3.8) is 0 Å². The van der Waals surface area contributed by atoms with Crippen molar-refractivity contribution in [3.05, 3.63) is 34.2 Å². The number of rotatable bonds is 1. The smallest absolute Gasteiger partial charge is 0.250 e. The highest BCUT2D eigenvalue weighted by Gasteiger charge is 2.40. The molecule has 1 aromatic rings. The van der Waals surface area contributed by atoms with E-state index < -0.39 is 0 Å². The summed E-state index contributed by atoms with van der Waals surface area (Å²) >= 11 is 0. The summed E-state index contributed by atoms with van der Waals surface area (Å²) in [4.78, 5) is 15.6. The normalized spacial score (nSPS) is 38.8. The van der Waals surface area contributed by atoms with Gasteiger partial charge in [-0.1, -0.05) is 6.07 Å². The quantitative estimate of drug-likeness (QED) is 0.650. The molecule has 1 unspecified atom stereocenters. The SMILES string of the molecule is C[NH+]1CCC([NH+]2C[C@H]3C[C@@H](C2)c2cccc(=O)n2C3)CC1. The number of hydrogen-bond acceptors (Lipinski definition) is 1. The highest BCUT2D eigenvalue weighted by Crippen LogP contribution is 2.30. The molecule has 4 heterocycles. The second kappa shape index (κ2) is 5.25. The average Bonchev–Trinajstić information content (AvgIpc) is 2.49. The van der Waals surface area contributed by atoms with Gasteiger partial charge in [-0.3, -0.25) is 4.79 Å². The topological polar surface area (TPSA) is 30.9 Å². The van der Waals surface area contributed by atoms with Crippen LogP contribution in [-0.4, -0.2) is 43.8 Å². The van der Waals surface area contributed by atoms with Crippen LogP contribution in [0.3, 0.4) is 0 Å². The van der Waals surface area contributed by atoms with Gasteiger partial charge in [0, 0.05) is 43.0 Å². The molecule has 3 atom stereocenters. The van der Waals surface area contributed by atoms with Crippen LogP contribution in [0.25, 0.3) is 0 Å². The van der Waals surface area contributed by atoms with Crippen molar-refractivity contribution in [2.75, 3.05) is 33.2 Å². The fourth-order valence-corrected chi connectivity index (χ4v) is 4.90. The Morgan fingerprint density at radius 2 is 2.00 bits per heavy atom. The summed E-state index contributed by atoms with van der Waals surface area (Å²) < 4.78 is 2.05. The maximum atomic E-state index is 12.1. The number of piperidine rings is 2. The van der Waals surface area contributed by atoms with Gasteiger partial charge in [-0.05, 0) is 12.5 Å². The number of hydrogen-bond donors (Lipinski definition) is 2. The fraction of sp³-hybridized carbons (Fsp3) is 0.706. The van der Waals surface area contributed by atoms with E-state index in [1.54, 1.807) is 11.0 Å². The van der Waals surface area contributed by atoms with Gasteiger partial charge in [0.1, 0.15) is 0 Å². The van der Waals surface area contributed by atoms with E-state index in [9.17, 15) is 4.79 Å². The van der Waals surface area contributed by atoms with Crippen LogP contribution in [0.4, 0.5) is 0 Å². The molecule has 114 valence electrons. The third-order valence-corrected chi connectivity index (χ3v) is 6.04. The lowest BCUT2D eigenvalue weighted by atomic mass is 9.82. The van der Waals surface area contributed by atoms with Gasteiger partial charge in [0.05, 0.1) is 39.3 Å². The molecule has 0 aromatic carbocycles. The van der Waals surface area contributed by atoms with E-state index in [0.29, 0.717) is 11.8 Å². The molecule has 0 radical (unpaired) electrons. The third kappa shape index (κ3) is 2.44. The number of likely N-dealkylation sites (tertiary alicyclic amines) is 2. The molecule has 0 saturated carbocycles. The predicted molar refractivity (Wildman–Crippen MR) is 81.9 cm³/mol. The first-order valence-corrected chi connectivity index (χ1v) is 8.56. The first-order chi connectivity index (χ1) is 10.2. The molecular formula is C17H27N3O+2. The third-order valence-electron chi connectivity index (χ3n) is 6.04. The Labute approximate surface area is 126 Å². The summed E-state index contributed by atoms with van der Waals surface area (Å²) in [6, 6.07) is 6.71. The minimum absolute atomic E-state index is 0.202. The van der Waals surface area contributed by atoms with E-state index in [0.717, 1.165) is 12.6 Å². The van der Waals surface area contributed by atoms with Crippen LogP contribution in [-0.2, 0) is 6.54 Å². The molecule has 21 heavy (non-hydrogen) atoms. The van der Waals surface area contributed by atoms with Gasteiger partial charge >= 0.3 is 0 Å². The second-order valence-corrected chi connectivity index (χ2v) is 7.50. The molecular weight excluding hydrogens is 262 g/mol. The van der Waals surface area contributed by atoms with Gasteiger partial charge in [0.15, 0.2) is 0 Å². The Morgan fingerprint density at radius 1 is 1.19 bits per heavy atom. The minimum Gasteiger partial charge on any atom is -0.337 e. The molecule has 0 spiro atoms. The van der Waals surface area contributed by atoms with E-state index in [1.165, 1.54) is 51.1 Å². The molecule has 0 amide bonds. The maximum absolute atomic E-state index is 12.1. The van der Waals surface area contributed by atoms with Crippen LogP contribution in [0.2, 0.25) is 0 Å². The molecule has 4 nitrogen and oxygen atoms in total. The predicted octanol–water partition coefficient (Wildman–Crippen LogP) is -1.47. The average molecular weight is 289 g/mol. The summed E-state index contributed by atoms with van der Waals surface area (Å²) in [5.74, 6) is 1.31. The standard InChI is InChI=1S/C17H25N3O/c1-18-7-5-15(6-8-18)19-10-13-9-14(12-19)16-3-2-4-17(21)20(16)11-13/h2-4,13-15H,5-12H2,1H3/p+2/t13-,14+/m1/s1. The summed E-state index contributed by atoms with van der Waals surface area (Å²) in [5, 5.41) is 0. The number of quaternary nitrogens is 2. The largest absolute Gasteiger partial charge is 0.337 e. The van der Waals surface area contributed by atoms with Gasteiger partial charge in [-0.25, -0.2) is 0 Å². The molecule has 4 rings (SSSR count). The van der Waals surface area contributed by atoms with E-state index >= 15 is 0 Å². The molecule has 3 aliphatic rings. The van der Waals surface area contributed by atoms with Crippen molar-refractivity contribution >= 4 is 0 Å². The Hall–Kier alpha value is -1.13. The highest BCUT2D eigenvalue weighted by molar-refractivity contribution is 5.15. The number of aromatic nitrogens is 1. The number of fused-ring (bicyclic) bond motifs is 4. The monoisotopic (exact) mass is 289 g/mol. The lowest BCUT2D eigenvalue weighted by molar-refractivity contribution is -0.959. The lowest BCUT2D eigenvalue weighted by Gasteiger charge is -2.44. The van der Waals surface area contributed by atoms with Crippen LogP contribution in [0.15, 0.2) is 23.0 Å². The zero-order valence-corrected chi connectivity index (χ0v) is 13.0. The zero-order valence-electron chi connectivity index (χ0n) is 13.0. The van der Waals surface area contributed by atoms with Gasteiger partial charge < -0.3 is 14.4 Å². The summed E-state index contributed by atoms with van der Waals surface area (Å²) in [5.41, 5.74) is 1.50. The number of pyridine rings is 1. The van der Waals surface area contributed by atoms with E-state index in [2.05, 4.69) is 17.7 Å².